The third-order valence-corrected chi connectivity index (χ3v) is 2.21. The van der Waals surface area contributed by atoms with Crippen LogP contribution in [-0.2, 0) is 6.42 Å². The van der Waals surface area contributed by atoms with E-state index in [1.807, 2.05) is 30.3 Å². The monoisotopic (exact) mass is 192 g/mol. The molecule has 0 radical (unpaired) electrons. The van der Waals surface area contributed by atoms with Crippen LogP contribution in [0.5, 0.6) is 0 Å². The van der Waals surface area contributed by atoms with Gasteiger partial charge in [0.1, 0.15) is 0 Å². The molecular weight excluding hydrogens is 176 g/mol. The summed E-state index contributed by atoms with van der Waals surface area (Å²) >= 11 is 0. The highest BCUT2D eigenvalue weighted by molar-refractivity contribution is 5.14. The second-order valence-electron chi connectivity index (χ2n) is 3.32. The quantitative estimate of drug-likeness (QED) is 0.694. The molecule has 0 amide bonds. The summed E-state index contributed by atoms with van der Waals surface area (Å²) < 4.78 is 0. The third-order valence-electron chi connectivity index (χ3n) is 2.21. The summed E-state index contributed by atoms with van der Waals surface area (Å²) in [6.45, 7) is 3.43. The molecule has 2 nitrogen and oxygen atoms in total. The molecule has 2 N–H and O–H groups in total. The fraction of sp³-hybridized carbons (Fsp3) is 0.333. The maximum absolute atomic E-state index is 9.46. The van der Waals surface area contributed by atoms with E-state index in [9.17, 15) is 10.2 Å². The summed E-state index contributed by atoms with van der Waals surface area (Å²) in [4.78, 5) is 0. The number of hydrogen-bond donors (Lipinski definition) is 2. The lowest BCUT2D eigenvalue weighted by atomic mass is 10.0. The molecule has 0 spiro atoms. The van der Waals surface area contributed by atoms with Gasteiger partial charge >= 0.3 is 0 Å². The predicted molar refractivity (Wildman–Crippen MR) is 57.0 cm³/mol. The Labute approximate surface area is 84.5 Å². The zero-order chi connectivity index (χ0) is 10.4. The Hall–Kier alpha value is -1.12. The van der Waals surface area contributed by atoms with Crippen molar-refractivity contribution in [2.75, 3.05) is 0 Å². The first-order chi connectivity index (χ1) is 6.74. The lowest BCUT2D eigenvalue weighted by molar-refractivity contribution is 0.0437. The number of hydrogen-bond acceptors (Lipinski definition) is 2. The van der Waals surface area contributed by atoms with Crippen LogP contribution >= 0.6 is 0 Å². The van der Waals surface area contributed by atoms with Crippen LogP contribution in [0.1, 0.15) is 12.0 Å². The fourth-order valence-corrected chi connectivity index (χ4v) is 1.29. The average molecular weight is 192 g/mol. The van der Waals surface area contributed by atoms with Crippen molar-refractivity contribution in [2.45, 2.75) is 25.0 Å². The van der Waals surface area contributed by atoms with Crippen LogP contribution in [0.3, 0.4) is 0 Å². The average Bonchev–Trinajstić information content (AvgIpc) is 2.26. The Morgan fingerprint density at radius 2 is 1.86 bits per heavy atom. The summed E-state index contributed by atoms with van der Waals surface area (Å²) in [5.41, 5.74) is 1.17. The number of aryl methyl sites for hydroxylation is 1. The van der Waals surface area contributed by atoms with E-state index in [0.717, 1.165) is 6.42 Å². The van der Waals surface area contributed by atoms with Crippen LogP contribution in [0.2, 0.25) is 0 Å². The molecule has 0 aliphatic heterocycles. The van der Waals surface area contributed by atoms with E-state index in [1.165, 1.54) is 11.6 Å². The highest BCUT2D eigenvalue weighted by Crippen LogP contribution is 2.07. The molecule has 0 saturated carbocycles. The molecular formula is C12H16O2. The molecule has 0 bridgehead atoms. The first kappa shape index (κ1) is 11.0. The molecule has 2 atom stereocenters. The van der Waals surface area contributed by atoms with Crippen molar-refractivity contribution in [1.82, 2.24) is 0 Å². The normalized spacial score (nSPS) is 14.7. The Morgan fingerprint density at radius 1 is 1.21 bits per heavy atom. The van der Waals surface area contributed by atoms with Gasteiger partial charge in [0.25, 0.3) is 0 Å². The second kappa shape index (κ2) is 5.58. The summed E-state index contributed by atoms with van der Waals surface area (Å²) in [7, 11) is 0. The number of benzene rings is 1. The van der Waals surface area contributed by atoms with Crippen LogP contribution in [0.15, 0.2) is 43.0 Å². The molecule has 2 heteroatoms. The maximum Gasteiger partial charge on any atom is 0.0977 e. The SMILES string of the molecule is C=C[C@H](O)[C@H](O)CCc1ccccc1. The summed E-state index contributed by atoms with van der Waals surface area (Å²) in [6.07, 6.45) is 1.14. The standard InChI is InChI=1S/C12H16O2/c1-2-11(13)12(14)9-8-10-6-4-3-5-7-10/h2-7,11-14H,1,8-9H2/t11-,12+/m0/s1. The zero-order valence-corrected chi connectivity index (χ0v) is 8.13. The molecule has 1 rings (SSSR count). The Balaban J connectivity index is 2.37. The molecule has 76 valence electrons. The summed E-state index contributed by atoms with van der Waals surface area (Å²) in [5.74, 6) is 0. The van der Waals surface area contributed by atoms with Gasteiger partial charge in [-0.1, -0.05) is 36.4 Å². The molecule has 1 aromatic rings. The van der Waals surface area contributed by atoms with E-state index in [-0.39, 0.29) is 0 Å². The van der Waals surface area contributed by atoms with Gasteiger partial charge in [-0.2, -0.15) is 0 Å². The summed E-state index contributed by atoms with van der Waals surface area (Å²) in [6, 6.07) is 9.90. The molecule has 0 saturated heterocycles. The van der Waals surface area contributed by atoms with E-state index in [2.05, 4.69) is 6.58 Å². The van der Waals surface area contributed by atoms with Crippen LogP contribution in [0, 0.1) is 0 Å². The third kappa shape index (κ3) is 3.32. The van der Waals surface area contributed by atoms with Gasteiger partial charge in [-0.05, 0) is 18.4 Å². The second-order valence-corrected chi connectivity index (χ2v) is 3.32. The van der Waals surface area contributed by atoms with Gasteiger partial charge in [-0.15, -0.1) is 6.58 Å². The van der Waals surface area contributed by atoms with Gasteiger partial charge in [0.05, 0.1) is 12.2 Å². The number of aliphatic hydroxyl groups excluding tert-OH is 2. The van der Waals surface area contributed by atoms with Crippen molar-refractivity contribution >= 4 is 0 Å². The van der Waals surface area contributed by atoms with Crippen LogP contribution in [0.4, 0.5) is 0 Å². The minimum absolute atomic E-state index is 0.553. The molecule has 0 unspecified atom stereocenters. The fourth-order valence-electron chi connectivity index (χ4n) is 1.29. The van der Waals surface area contributed by atoms with Crippen molar-refractivity contribution in [1.29, 1.82) is 0 Å². The molecule has 1 aromatic carbocycles. The van der Waals surface area contributed by atoms with Crippen LogP contribution in [0.25, 0.3) is 0 Å². The highest BCUT2D eigenvalue weighted by Gasteiger charge is 2.11. The van der Waals surface area contributed by atoms with Crippen molar-refractivity contribution in [3.63, 3.8) is 0 Å². The van der Waals surface area contributed by atoms with E-state index < -0.39 is 12.2 Å². The van der Waals surface area contributed by atoms with Crippen molar-refractivity contribution < 1.29 is 10.2 Å². The van der Waals surface area contributed by atoms with E-state index in [1.54, 1.807) is 0 Å². The first-order valence-corrected chi connectivity index (χ1v) is 4.76. The number of aliphatic hydroxyl groups is 2. The van der Waals surface area contributed by atoms with Crippen LogP contribution in [-0.4, -0.2) is 22.4 Å². The highest BCUT2D eigenvalue weighted by atomic mass is 16.3. The van der Waals surface area contributed by atoms with Gasteiger partial charge in [0, 0.05) is 0 Å². The van der Waals surface area contributed by atoms with E-state index in [0.29, 0.717) is 6.42 Å². The topological polar surface area (TPSA) is 40.5 Å². The Kier molecular flexibility index (Phi) is 4.36. The first-order valence-electron chi connectivity index (χ1n) is 4.76. The van der Waals surface area contributed by atoms with Crippen molar-refractivity contribution in [3.8, 4) is 0 Å². The van der Waals surface area contributed by atoms with Gasteiger partial charge < -0.3 is 10.2 Å². The van der Waals surface area contributed by atoms with Gasteiger partial charge in [-0.3, -0.25) is 0 Å². The smallest absolute Gasteiger partial charge is 0.0977 e. The van der Waals surface area contributed by atoms with Gasteiger partial charge in [0.15, 0.2) is 0 Å². The zero-order valence-electron chi connectivity index (χ0n) is 8.13. The Morgan fingerprint density at radius 3 is 2.43 bits per heavy atom. The molecule has 14 heavy (non-hydrogen) atoms. The summed E-state index contributed by atoms with van der Waals surface area (Å²) in [5, 5.41) is 18.7. The maximum atomic E-state index is 9.46. The number of rotatable bonds is 5. The minimum atomic E-state index is -0.821. The predicted octanol–water partition coefficient (Wildman–Crippen LogP) is 1.53. The molecule has 0 aliphatic carbocycles. The van der Waals surface area contributed by atoms with Crippen molar-refractivity contribution in [2.24, 2.45) is 0 Å². The van der Waals surface area contributed by atoms with E-state index in [4.69, 9.17) is 0 Å². The molecule has 0 aliphatic rings. The van der Waals surface area contributed by atoms with Crippen molar-refractivity contribution in [3.05, 3.63) is 48.6 Å². The van der Waals surface area contributed by atoms with Crippen LogP contribution < -0.4 is 0 Å². The largest absolute Gasteiger partial charge is 0.390 e. The molecule has 0 heterocycles. The molecule has 0 aromatic heterocycles. The van der Waals surface area contributed by atoms with Gasteiger partial charge in [0.2, 0.25) is 0 Å². The minimum Gasteiger partial charge on any atom is -0.390 e. The lowest BCUT2D eigenvalue weighted by Gasteiger charge is -2.13. The van der Waals surface area contributed by atoms with Gasteiger partial charge in [-0.25, -0.2) is 0 Å². The lowest BCUT2D eigenvalue weighted by Crippen LogP contribution is -2.23. The Bertz CT molecular complexity index is 269. The van der Waals surface area contributed by atoms with E-state index >= 15 is 0 Å². The molecule has 0 fully saturated rings.